The van der Waals surface area contributed by atoms with E-state index in [1.165, 1.54) is 11.5 Å². The SMILES string of the molecule is CCOC(=O)C(CO)NCc1ccc(Nc2nsc3c(-c4ccc5c(c4)OCCO5)cccc23)c(Br)c1. The molecule has 1 unspecified atom stereocenters. The quantitative estimate of drug-likeness (QED) is 0.229. The molecule has 1 atom stereocenters. The van der Waals surface area contributed by atoms with E-state index in [0.29, 0.717) is 19.8 Å². The van der Waals surface area contributed by atoms with Gasteiger partial charge in [-0.3, -0.25) is 10.1 Å². The monoisotopic (exact) mass is 583 g/mol. The summed E-state index contributed by atoms with van der Waals surface area (Å²) in [5.74, 6) is 1.84. The Morgan fingerprint density at radius 2 is 2.00 bits per heavy atom. The van der Waals surface area contributed by atoms with Crippen LogP contribution in [0.3, 0.4) is 0 Å². The molecule has 8 nitrogen and oxygen atoms in total. The van der Waals surface area contributed by atoms with Crippen LogP contribution in [0.2, 0.25) is 0 Å². The van der Waals surface area contributed by atoms with Gasteiger partial charge in [0.15, 0.2) is 17.3 Å². The second-order valence-corrected chi connectivity index (χ2v) is 10.0. The highest BCUT2D eigenvalue weighted by Crippen LogP contribution is 2.40. The predicted molar refractivity (Wildman–Crippen MR) is 148 cm³/mol. The van der Waals surface area contributed by atoms with E-state index in [-0.39, 0.29) is 13.2 Å². The molecule has 37 heavy (non-hydrogen) atoms. The van der Waals surface area contributed by atoms with Crippen LogP contribution in [-0.2, 0) is 16.1 Å². The van der Waals surface area contributed by atoms with Crippen molar-refractivity contribution in [3.63, 3.8) is 0 Å². The number of fused-ring (bicyclic) bond motifs is 2. The second-order valence-electron chi connectivity index (χ2n) is 8.38. The molecule has 1 aliphatic heterocycles. The van der Waals surface area contributed by atoms with Crippen molar-refractivity contribution in [3.05, 3.63) is 64.6 Å². The number of esters is 1. The summed E-state index contributed by atoms with van der Waals surface area (Å²) in [5.41, 5.74) is 3.95. The number of ether oxygens (including phenoxy) is 3. The van der Waals surface area contributed by atoms with E-state index < -0.39 is 12.0 Å². The normalized spacial score (nSPS) is 13.4. The van der Waals surface area contributed by atoms with Crippen LogP contribution >= 0.6 is 27.5 Å². The first kappa shape index (κ1) is 25.5. The number of benzene rings is 3. The molecule has 192 valence electrons. The van der Waals surface area contributed by atoms with Gasteiger partial charge in [-0.05, 0) is 75.8 Å². The highest BCUT2D eigenvalue weighted by molar-refractivity contribution is 9.10. The van der Waals surface area contributed by atoms with Gasteiger partial charge in [-0.25, -0.2) is 0 Å². The highest BCUT2D eigenvalue weighted by Gasteiger charge is 2.19. The lowest BCUT2D eigenvalue weighted by molar-refractivity contribution is -0.146. The zero-order chi connectivity index (χ0) is 25.8. The molecule has 0 saturated heterocycles. The number of hydrogen-bond acceptors (Lipinski definition) is 9. The number of nitrogens with zero attached hydrogens (tertiary/aromatic N) is 1. The third kappa shape index (κ3) is 5.57. The van der Waals surface area contributed by atoms with Crippen molar-refractivity contribution in [1.29, 1.82) is 0 Å². The molecule has 0 aliphatic carbocycles. The molecule has 4 aromatic rings. The van der Waals surface area contributed by atoms with Crippen molar-refractivity contribution < 1.29 is 24.1 Å². The number of aromatic nitrogens is 1. The van der Waals surface area contributed by atoms with Crippen LogP contribution in [0.15, 0.2) is 59.1 Å². The van der Waals surface area contributed by atoms with Gasteiger partial charge in [0.25, 0.3) is 0 Å². The van der Waals surface area contributed by atoms with E-state index in [4.69, 9.17) is 18.6 Å². The zero-order valence-corrected chi connectivity index (χ0v) is 22.5. The van der Waals surface area contributed by atoms with Crippen LogP contribution in [0.4, 0.5) is 11.5 Å². The number of aliphatic hydroxyl groups is 1. The number of anilines is 2. The van der Waals surface area contributed by atoms with Gasteiger partial charge in [0.2, 0.25) is 0 Å². The molecule has 0 saturated carbocycles. The van der Waals surface area contributed by atoms with Gasteiger partial charge in [0.05, 0.1) is 23.6 Å². The molecular formula is C27H26BrN3O5S. The summed E-state index contributed by atoms with van der Waals surface area (Å²) in [4.78, 5) is 11.9. The molecule has 0 spiro atoms. The lowest BCUT2D eigenvalue weighted by Gasteiger charge is -2.19. The summed E-state index contributed by atoms with van der Waals surface area (Å²) in [6, 6.07) is 17.3. The van der Waals surface area contributed by atoms with Crippen LogP contribution in [0, 0.1) is 0 Å². The first-order chi connectivity index (χ1) is 18.1. The van der Waals surface area contributed by atoms with E-state index in [1.807, 2.05) is 42.5 Å². The van der Waals surface area contributed by atoms with Crippen molar-refractivity contribution in [3.8, 4) is 22.6 Å². The fourth-order valence-corrected chi connectivity index (χ4v) is 5.49. The van der Waals surface area contributed by atoms with Crippen molar-refractivity contribution in [1.82, 2.24) is 9.69 Å². The predicted octanol–water partition coefficient (Wildman–Crippen LogP) is 5.25. The zero-order valence-electron chi connectivity index (χ0n) is 20.1. The van der Waals surface area contributed by atoms with Gasteiger partial charge in [-0.1, -0.05) is 24.3 Å². The lowest BCUT2D eigenvalue weighted by Crippen LogP contribution is -2.40. The third-order valence-corrected chi connectivity index (χ3v) is 7.50. The van der Waals surface area contributed by atoms with E-state index in [9.17, 15) is 9.90 Å². The Labute approximate surface area is 226 Å². The van der Waals surface area contributed by atoms with Crippen molar-refractivity contribution in [2.24, 2.45) is 0 Å². The van der Waals surface area contributed by atoms with E-state index in [2.05, 4.69) is 38.7 Å². The molecule has 2 heterocycles. The number of carbonyl (C=O) groups excluding carboxylic acids is 1. The number of hydrogen-bond donors (Lipinski definition) is 3. The summed E-state index contributed by atoms with van der Waals surface area (Å²) < 4.78 is 23.0. The summed E-state index contributed by atoms with van der Waals surface area (Å²) in [7, 11) is 0. The maximum atomic E-state index is 11.9. The average molecular weight is 584 g/mol. The Hall–Kier alpha value is -3.18. The van der Waals surface area contributed by atoms with Gasteiger partial charge >= 0.3 is 5.97 Å². The minimum Gasteiger partial charge on any atom is -0.486 e. The molecule has 1 aromatic heterocycles. The molecule has 0 radical (unpaired) electrons. The van der Waals surface area contributed by atoms with Crippen LogP contribution in [-0.4, -0.2) is 47.9 Å². The van der Waals surface area contributed by atoms with Gasteiger partial charge in [-0.15, -0.1) is 0 Å². The Morgan fingerprint density at radius 3 is 2.78 bits per heavy atom. The Kier molecular flexibility index (Phi) is 7.90. The second kappa shape index (κ2) is 11.5. The molecule has 0 bridgehead atoms. The topological polar surface area (TPSA) is 102 Å². The Balaban J connectivity index is 1.33. The number of nitrogens with one attached hydrogen (secondary N) is 2. The fourth-order valence-electron chi connectivity index (χ4n) is 4.09. The molecule has 0 fully saturated rings. The minimum atomic E-state index is -0.763. The van der Waals surface area contributed by atoms with Gasteiger partial charge < -0.3 is 24.6 Å². The maximum Gasteiger partial charge on any atom is 0.325 e. The standard InChI is InChI=1S/C27H26BrN3O5S/c1-2-34-27(33)22(15-32)29-14-16-6-8-21(20(28)12-16)30-26-19-5-3-4-18(25(19)37-31-26)17-7-9-23-24(13-17)36-11-10-35-23/h3-9,12-13,22,29,32H,2,10-11,14-15H2,1H3,(H,30,31). The van der Waals surface area contributed by atoms with E-state index >= 15 is 0 Å². The lowest BCUT2D eigenvalue weighted by atomic mass is 10.0. The summed E-state index contributed by atoms with van der Waals surface area (Å²) in [6.07, 6.45) is 0. The van der Waals surface area contributed by atoms with Gasteiger partial charge in [0.1, 0.15) is 19.3 Å². The molecule has 1 aliphatic rings. The van der Waals surface area contributed by atoms with Crippen molar-refractivity contribution >= 4 is 55.0 Å². The molecule has 3 aromatic carbocycles. The maximum absolute atomic E-state index is 11.9. The van der Waals surface area contributed by atoms with Gasteiger partial charge in [0, 0.05) is 22.0 Å². The molecule has 0 amide bonds. The number of rotatable bonds is 9. The van der Waals surface area contributed by atoms with Crippen molar-refractivity contribution in [2.75, 3.05) is 31.7 Å². The Morgan fingerprint density at radius 1 is 1.16 bits per heavy atom. The van der Waals surface area contributed by atoms with Crippen LogP contribution in [0.25, 0.3) is 21.2 Å². The molecule has 5 rings (SSSR count). The smallest absolute Gasteiger partial charge is 0.325 e. The highest BCUT2D eigenvalue weighted by atomic mass is 79.9. The molecule has 3 N–H and O–H groups in total. The van der Waals surface area contributed by atoms with Gasteiger partial charge in [-0.2, -0.15) is 4.37 Å². The summed E-state index contributed by atoms with van der Waals surface area (Å²) >= 11 is 5.08. The largest absolute Gasteiger partial charge is 0.486 e. The average Bonchev–Trinajstić information content (AvgIpc) is 3.33. The molecule has 10 heteroatoms. The van der Waals surface area contributed by atoms with Crippen molar-refractivity contribution in [2.45, 2.75) is 19.5 Å². The first-order valence-electron chi connectivity index (χ1n) is 11.9. The minimum absolute atomic E-state index is 0.270. The summed E-state index contributed by atoms with van der Waals surface area (Å²) in [6.45, 7) is 3.20. The number of halogens is 1. The van der Waals surface area contributed by atoms with Crippen LogP contribution in [0.5, 0.6) is 11.5 Å². The third-order valence-electron chi connectivity index (χ3n) is 5.94. The van der Waals surface area contributed by atoms with Crippen LogP contribution < -0.4 is 20.1 Å². The number of carbonyl (C=O) groups is 1. The van der Waals surface area contributed by atoms with E-state index in [1.54, 1.807) is 6.92 Å². The fraction of sp³-hybridized carbons (Fsp3) is 0.259. The van der Waals surface area contributed by atoms with E-state index in [0.717, 1.165) is 54.3 Å². The van der Waals surface area contributed by atoms with Crippen LogP contribution in [0.1, 0.15) is 12.5 Å². The Bertz CT molecular complexity index is 1430. The summed E-state index contributed by atoms with van der Waals surface area (Å²) in [5, 5.41) is 17.0. The first-order valence-corrected chi connectivity index (χ1v) is 13.5. The number of aliphatic hydroxyl groups excluding tert-OH is 1. The molecular weight excluding hydrogens is 558 g/mol.